The first-order valence-electron chi connectivity index (χ1n) is 17.0. The number of aldehydes is 1. The fraction of sp³-hybridized carbons (Fsp3) is 0.415. The Balaban J connectivity index is 0.00000189. The van der Waals surface area contributed by atoms with Crippen molar-refractivity contribution in [3.63, 3.8) is 0 Å². The number of hydrogen-bond donors (Lipinski definition) is 3. The number of hydrogen-bond acceptors (Lipinski definition) is 7. The summed E-state index contributed by atoms with van der Waals surface area (Å²) >= 11 is 0. The van der Waals surface area contributed by atoms with Gasteiger partial charge in [0.05, 0.1) is 5.70 Å². The Morgan fingerprint density at radius 2 is 1.73 bits per heavy atom. The van der Waals surface area contributed by atoms with Crippen LogP contribution in [0.1, 0.15) is 65.0 Å². The largest absolute Gasteiger partial charge is 0.372 e. The second-order valence-electron chi connectivity index (χ2n) is 12.1. The SMILES string of the molecule is C=C/C=C(\C=C(/C)CC(=O)CCCc1ccc(/C(=C/C)NC(=C/C#CC)/C(C)=C(\C)N2CCNCC2)cc1)N1CC(NC)C1.C=CC=O. The Hall–Kier alpha value is -4.38. The Morgan fingerprint density at radius 3 is 2.29 bits per heavy atom. The molecular weight excluding hydrogens is 594 g/mol. The van der Waals surface area contributed by atoms with Crippen molar-refractivity contribution in [3.8, 4) is 11.8 Å². The highest BCUT2D eigenvalue weighted by Crippen LogP contribution is 2.22. The van der Waals surface area contributed by atoms with Crippen molar-refractivity contribution in [1.82, 2.24) is 25.8 Å². The number of likely N-dealkylation sites (tertiary alicyclic amines) is 1. The first-order valence-corrected chi connectivity index (χ1v) is 17.0. The molecular formula is C41H57N5O2. The molecule has 2 aliphatic rings. The summed E-state index contributed by atoms with van der Waals surface area (Å²) in [6, 6.07) is 9.22. The minimum absolute atomic E-state index is 0.291. The smallest absolute Gasteiger partial charge is 0.142 e. The maximum absolute atomic E-state index is 12.8. The van der Waals surface area contributed by atoms with E-state index in [0.29, 0.717) is 31.0 Å². The zero-order valence-corrected chi connectivity index (χ0v) is 30.1. The van der Waals surface area contributed by atoms with E-state index in [-0.39, 0.29) is 0 Å². The predicted molar refractivity (Wildman–Crippen MR) is 203 cm³/mol. The van der Waals surface area contributed by atoms with Gasteiger partial charge in [0.2, 0.25) is 0 Å². The molecule has 48 heavy (non-hydrogen) atoms. The monoisotopic (exact) mass is 651 g/mol. The Bertz CT molecular complexity index is 1430. The van der Waals surface area contributed by atoms with Crippen LogP contribution in [-0.2, 0) is 16.0 Å². The van der Waals surface area contributed by atoms with E-state index in [9.17, 15) is 4.79 Å². The predicted octanol–water partition coefficient (Wildman–Crippen LogP) is 6.32. The average Bonchev–Trinajstić information content (AvgIpc) is 3.08. The van der Waals surface area contributed by atoms with Gasteiger partial charge in [-0.15, -0.1) is 5.92 Å². The second kappa shape index (κ2) is 22.2. The van der Waals surface area contributed by atoms with E-state index in [4.69, 9.17) is 4.79 Å². The molecule has 0 bridgehead atoms. The third kappa shape index (κ3) is 13.4. The molecule has 7 nitrogen and oxygen atoms in total. The molecule has 0 aromatic heterocycles. The number of aryl methyl sites for hydroxylation is 1. The fourth-order valence-electron chi connectivity index (χ4n) is 5.55. The summed E-state index contributed by atoms with van der Waals surface area (Å²) in [6.07, 6.45) is 14.7. The standard InChI is InChI=1S/C38H53N5O.C3H4O/c1-8-11-16-38(30(5)31(6)42-23-21-40-22-24-42)41-37(10-3)33-19-17-32(18-20-33)14-12-15-36(44)26-29(4)25-35(13-9-2)43-27-34(28-43)39-7;1-2-3-4/h9-10,13,16-20,25,34,39-41H,2,12,14-15,21-24,26-28H2,1,3-7H3;2-3H,1H2/b29-25+,31-30+,35-13+,37-10-,38-16+;. The molecule has 0 spiro atoms. The molecule has 0 unspecified atom stereocenters. The van der Waals surface area contributed by atoms with Crippen molar-refractivity contribution in [3.05, 3.63) is 113 Å². The molecule has 3 N–H and O–H groups in total. The number of ketones is 1. The van der Waals surface area contributed by atoms with E-state index in [0.717, 1.165) is 80.3 Å². The van der Waals surface area contributed by atoms with E-state index in [1.807, 2.05) is 32.2 Å². The third-order valence-electron chi connectivity index (χ3n) is 8.55. The quantitative estimate of drug-likeness (QED) is 0.0837. The van der Waals surface area contributed by atoms with Crippen LogP contribution in [-0.4, -0.2) is 74.2 Å². The number of nitrogens with one attached hydrogen (secondary N) is 3. The molecule has 0 amide bonds. The van der Waals surface area contributed by atoms with Crippen LogP contribution in [0.4, 0.5) is 0 Å². The highest BCUT2D eigenvalue weighted by atomic mass is 16.1. The lowest BCUT2D eigenvalue weighted by molar-refractivity contribution is -0.118. The van der Waals surface area contributed by atoms with E-state index in [1.165, 1.54) is 22.9 Å². The average molecular weight is 652 g/mol. The Morgan fingerprint density at radius 1 is 1.06 bits per heavy atom. The van der Waals surface area contributed by atoms with Gasteiger partial charge in [-0.05, 0) is 89.4 Å². The number of likely N-dealkylation sites (N-methyl/N-ethyl adjacent to an activating group) is 1. The van der Waals surface area contributed by atoms with Gasteiger partial charge in [-0.1, -0.05) is 61.1 Å². The first kappa shape index (κ1) is 39.8. The van der Waals surface area contributed by atoms with Crippen molar-refractivity contribution in [2.75, 3.05) is 46.3 Å². The highest BCUT2D eigenvalue weighted by molar-refractivity contribution is 5.80. The molecule has 2 heterocycles. The molecule has 2 saturated heterocycles. The summed E-state index contributed by atoms with van der Waals surface area (Å²) in [5, 5.41) is 10.4. The number of benzene rings is 1. The van der Waals surface area contributed by atoms with Gasteiger partial charge in [0, 0.05) is 81.3 Å². The summed E-state index contributed by atoms with van der Waals surface area (Å²) in [7, 11) is 2.00. The molecule has 7 heteroatoms. The van der Waals surface area contributed by atoms with Crippen LogP contribution in [0.15, 0.2) is 102 Å². The van der Waals surface area contributed by atoms with Crippen molar-refractivity contribution in [1.29, 1.82) is 0 Å². The molecule has 258 valence electrons. The van der Waals surface area contributed by atoms with E-state index in [1.54, 1.807) is 0 Å². The minimum atomic E-state index is 0.291. The number of carbonyl (C=O) groups excluding carboxylic acids is 2. The van der Waals surface area contributed by atoms with Gasteiger partial charge >= 0.3 is 0 Å². The maximum atomic E-state index is 12.8. The van der Waals surface area contributed by atoms with Gasteiger partial charge in [-0.25, -0.2) is 0 Å². The second-order valence-corrected chi connectivity index (χ2v) is 12.1. The fourth-order valence-corrected chi connectivity index (χ4v) is 5.55. The van der Waals surface area contributed by atoms with Crippen LogP contribution in [0.25, 0.3) is 5.70 Å². The van der Waals surface area contributed by atoms with Crippen LogP contribution in [0, 0.1) is 11.8 Å². The topological polar surface area (TPSA) is 76.7 Å². The minimum Gasteiger partial charge on any atom is -0.372 e. The Labute approximate surface area is 290 Å². The molecule has 0 atom stereocenters. The van der Waals surface area contributed by atoms with Crippen molar-refractivity contribution in [2.45, 2.75) is 66.3 Å². The molecule has 2 fully saturated rings. The van der Waals surface area contributed by atoms with Gasteiger partial charge in [0.15, 0.2) is 0 Å². The van der Waals surface area contributed by atoms with E-state index < -0.39 is 0 Å². The maximum Gasteiger partial charge on any atom is 0.142 e. The van der Waals surface area contributed by atoms with Crippen LogP contribution in [0.5, 0.6) is 0 Å². The lowest BCUT2D eigenvalue weighted by Crippen LogP contribution is -2.55. The number of carbonyl (C=O) groups is 2. The van der Waals surface area contributed by atoms with Crippen molar-refractivity contribution >= 4 is 17.8 Å². The molecule has 1 aromatic carbocycles. The molecule has 0 saturated carbocycles. The summed E-state index contributed by atoms with van der Waals surface area (Å²) in [5.41, 5.74) is 9.16. The summed E-state index contributed by atoms with van der Waals surface area (Å²) in [4.78, 5) is 26.6. The molecule has 0 aliphatic carbocycles. The zero-order chi connectivity index (χ0) is 35.3. The van der Waals surface area contributed by atoms with Gasteiger partial charge in [-0.3, -0.25) is 9.59 Å². The zero-order valence-electron chi connectivity index (χ0n) is 30.1. The van der Waals surface area contributed by atoms with Gasteiger partial charge in [0.1, 0.15) is 12.1 Å². The first-order chi connectivity index (χ1) is 23.2. The number of rotatable bonds is 16. The number of piperazine rings is 1. The van der Waals surface area contributed by atoms with E-state index in [2.05, 4.69) is 115 Å². The molecule has 1 aromatic rings. The van der Waals surface area contributed by atoms with Crippen LogP contribution in [0.2, 0.25) is 0 Å². The number of Topliss-reactive ketones (excluding diaryl/α,β-unsaturated/α-hetero) is 1. The van der Waals surface area contributed by atoms with Gasteiger partial charge < -0.3 is 25.8 Å². The normalized spacial score (nSPS) is 16.4. The lowest BCUT2D eigenvalue weighted by Gasteiger charge is -2.41. The molecule has 3 rings (SSSR count). The van der Waals surface area contributed by atoms with Crippen LogP contribution >= 0.6 is 0 Å². The summed E-state index contributed by atoms with van der Waals surface area (Å²) < 4.78 is 0. The summed E-state index contributed by atoms with van der Waals surface area (Å²) in [5.74, 6) is 6.44. The van der Waals surface area contributed by atoms with Crippen molar-refractivity contribution in [2.24, 2.45) is 0 Å². The van der Waals surface area contributed by atoms with Gasteiger partial charge in [0.25, 0.3) is 0 Å². The van der Waals surface area contributed by atoms with Crippen LogP contribution in [0.3, 0.4) is 0 Å². The van der Waals surface area contributed by atoms with E-state index >= 15 is 0 Å². The highest BCUT2D eigenvalue weighted by Gasteiger charge is 2.25. The summed E-state index contributed by atoms with van der Waals surface area (Å²) in [6.45, 7) is 23.3. The molecule has 2 aliphatic heterocycles. The van der Waals surface area contributed by atoms with Gasteiger partial charge in [-0.2, -0.15) is 0 Å². The third-order valence-corrected chi connectivity index (χ3v) is 8.55. The Kier molecular flexibility index (Phi) is 18.4. The number of allylic oxidation sites excluding steroid dienone is 9. The van der Waals surface area contributed by atoms with Crippen LogP contribution < -0.4 is 16.0 Å². The lowest BCUT2D eigenvalue weighted by atomic mass is 10.0. The number of nitrogens with zero attached hydrogens (tertiary/aromatic N) is 2. The van der Waals surface area contributed by atoms with Crippen molar-refractivity contribution < 1.29 is 9.59 Å². The molecule has 0 radical (unpaired) electrons.